The lowest BCUT2D eigenvalue weighted by molar-refractivity contribution is -0.111. The average molecular weight is 500 g/mol. The highest BCUT2D eigenvalue weighted by Crippen LogP contribution is 2.31. The van der Waals surface area contributed by atoms with Crippen LogP contribution in [0, 0.1) is 0 Å². The summed E-state index contributed by atoms with van der Waals surface area (Å²) < 4.78 is 8.09. The zero-order chi connectivity index (χ0) is 26.4. The second kappa shape index (κ2) is 11.7. The molecule has 2 aromatic carbocycles. The van der Waals surface area contributed by atoms with Gasteiger partial charge in [0, 0.05) is 54.7 Å². The van der Waals surface area contributed by atoms with Gasteiger partial charge in [-0.05, 0) is 57.6 Å². The Labute approximate surface area is 217 Å². The summed E-state index contributed by atoms with van der Waals surface area (Å²) in [5.41, 5.74) is 4.22. The highest BCUT2D eigenvalue weighted by Gasteiger charge is 2.13. The number of para-hydroxylation sites is 1. The van der Waals surface area contributed by atoms with E-state index in [-0.39, 0.29) is 5.91 Å². The Bertz CT molecular complexity index is 1400. The second-order valence-electron chi connectivity index (χ2n) is 9.12. The SMILES string of the molecule is C=CC(=O)Nc1cc(Nc2nccc(-c3cn(C)c4ccccc34)n2)ccc1OCN(C)CCN(C)C. The van der Waals surface area contributed by atoms with Crippen molar-refractivity contribution in [2.75, 3.05) is 51.6 Å². The maximum atomic E-state index is 12.1. The van der Waals surface area contributed by atoms with Crippen molar-refractivity contribution in [3.8, 4) is 17.0 Å². The summed E-state index contributed by atoms with van der Waals surface area (Å²) in [5.74, 6) is 0.684. The fourth-order valence-electron chi connectivity index (χ4n) is 3.87. The molecule has 1 amide bonds. The first-order valence-corrected chi connectivity index (χ1v) is 12.0. The lowest BCUT2D eigenvalue weighted by atomic mass is 10.1. The number of likely N-dealkylation sites (N-methyl/N-ethyl adjacent to an activating group) is 2. The van der Waals surface area contributed by atoms with Gasteiger partial charge in [-0.2, -0.15) is 0 Å². The Hall–Kier alpha value is -4.21. The molecule has 2 N–H and O–H groups in total. The van der Waals surface area contributed by atoms with Crippen LogP contribution >= 0.6 is 0 Å². The van der Waals surface area contributed by atoms with Gasteiger partial charge in [0.05, 0.1) is 11.4 Å². The Morgan fingerprint density at radius 2 is 1.95 bits per heavy atom. The first kappa shape index (κ1) is 25.9. The Kier molecular flexibility index (Phi) is 8.17. The minimum Gasteiger partial charge on any atom is -0.476 e. The van der Waals surface area contributed by atoms with Crippen LogP contribution < -0.4 is 15.4 Å². The average Bonchev–Trinajstić information content (AvgIpc) is 3.23. The molecule has 0 aliphatic rings. The summed E-state index contributed by atoms with van der Waals surface area (Å²) in [4.78, 5) is 25.4. The second-order valence-corrected chi connectivity index (χ2v) is 9.12. The highest BCUT2D eigenvalue weighted by molar-refractivity contribution is 6.00. The van der Waals surface area contributed by atoms with Gasteiger partial charge in [0.25, 0.3) is 0 Å². The van der Waals surface area contributed by atoms with Crippen LogP contribution in [0.25, 0.3) is 22.2 Å². The van der Waals surface area contributed by atoms with Crippen molar-refractivity contribution in [2.24, 2.45) is 7.05 Å². The van der Waals surface area contributed by atoms with Crippen LogP contribution in [0.3, 0.4) is 0 Å². The third kappa shape index (κ3) is 6.52. The molecule has 0 aliphatic heterocycles. The van der Waals surface area contributed by atoms with E-state index in [0.717, 1.165) is 35.2 Å². The van der Waals surface area contributed by atoms with Crippen LogP contribution in [0.2, 0.25) is 0 Å². The summed E-state index contributed by atoms with van der Waals surface area (Å²) in [6.45, 7) is 5.70. The summed E-state index contributed by atoms with van der Waals surface area (Å²) in [7, 11) is 8.08. The number of aromatic nitrogens is 3. The number of carbonyl (C=O) groups is 1. The minimum absolute atomic E-state index is 0.322. The Balaban J connectivity index is 1.55. The van der Waals surface area contributed by atoms with Crippen molar-refractivity contribution in [3.05, 3.63) is 73.6 Å². The van der Waals surface area contributed by atoms with E-state index in [2.05, 4.69) is 54.9 Å². The molecule has 2 aromatic heterocycles. The third-order valence-electron chi connectivity index (χ3n) is 5.88. The van der Waals surface area contributed by atoms with Gasteiger partial charge < -0.3 is 24.8 Å². The molecule has 4 rings (SSSR count). The molecule has 2 heterocycles. The van der Waals surface area contributed by atoms with E-state index in [9.17, 15) is 4.79 Å². The summed E-state index contributed by atoms with van der Waals surface area (Å²) in [5, 5.41) is 7.20. The standard InChI is InChI=1S/C28H33N7O2/c1-6-27(36)31-24-17-20(11-12-26(24)37-19-34(4)16-15-33(2)3)30-28-29-14-13-23(32-28)22-18-35(5)25-10-8-7-9-21(22)25/h6-14,17-18H,1,15-16,19H2,2-5H3,(H,31,36)(H,29,30,32). The highest BCUT2D eigenvalue weighted by atomic mass is 16.5. The molecule has 0 atom stereocenters. The van der Waals surface area contributed by atoms with Crippen LogP contribution in [0.1, 0.15) is 0 Å². The Morgan fingerprint density at radius 1 is 1.14 bits per heavy atom. The molecule has 0 radical (unpaired) electrons. The molecule has 0 unspecified atom stereocenters. The molecule has 37 heavy (non-hydrogen) atoms. The smallest absolute Gasteiger partial charge is 0.247 e. The number of fused-ring (bicyclic) bond motifs is 1. The molecule has 4 aromatic rings. The van der Waals surface area contributed by atoms with Crippen molar-refractivity contribution >= 4 is 34.1 Å². The minimum atomic E-state index is -0.322. The molecular formula is C28H33N7O2. The van der Waals surface area contributed by atoms with E-state index in [1.807, 2.05) is 58.5 Å². The molecule has 0 aliphatic carbocycles. The van der Waals surface area contributed by atoms with Crippen LogP contribution in [0.15, 0.2) is 73.6 Å². The van der Waals surface area contributed by atoms with Crippen molar-refractivity contribution in [2.45, 2.75) is 0 Å². The lowest BCUT2D eigenvalue weighted by Gasteiger charge is -2.21. The number of ether oxygens (including phenoxy) is 1. The first-order chi connectivity index (χ1) is 17.8. The molecule has 9 nitrogen and oxygen atoms in total. The maximum absolute atomic E-state index is 12.1. The molecule has 9 heteroatoms. The number of hydrogen-bond acceptors (Lipinski definition) is 7. The first-order valence-electron chi connectivity index (χ1n) is 12.0. The number of carbonyl (C=O) groups excluding carboxylic acids is 1. The number of benzene rings is 2. The number of nitrogens with one attached hydrogen (secondary N) is 2. The van der Waals surface area contributed by atoms with E-state index in [1.54, 1.807) is 12.3 Å². The number of anilines is 3. The molecule has 0 spiro atoms. The van der Waals surface area contributed by atoms with Gasteiger partial charge in [0.2, 0.25) is 11.9 Å². The van der Waals surface area contributed by atoms with Crippen LogP contribution in [-0.2, 0) is 11.8 Å². The van der Waals surface area contributed by atoms with Crippen molar-refractivity contribution < 1.29 is 9.53 Å². The third-order valence-corrected chi connectivity index (χ3v) is 5.88. The molecule has 0 saturated heterocycles. The zero-order valence-electron chi connectivity index (χ0n) is 21.7. The van der Waals surface area contributed by atoms with Gasteiger partial charge in [0.15, 0.2) is 0 Å². The quantitative estimate of drug-likeness (QED) is 0.235. The predicted octanol–water partition coefficient (Wildman–Crippen LogP) is 4.33. The van der Waals surface area contributed by atoms with Gasteiger partial charge in [-0.3, -0.25) is 9.69 Å². The van der Waals surface area contributed by atoms with E-state index in [0.29, 0.717) is 29.8 Å². The molecule has 0 saturated carbocycles. The van der Waals surface area contributed by atoms with E-state index in [4.69, 9.17) is 9.72 Å². The summed E-state index contributed by atoms with van der Waals surface area (Å²) in [6.07, 6.45) is 5.03. The van der Waals surface area contributed by atoms with Crippen LogP contribution in [0.4, 0.5) is 17.3 Å². The number of hydrogen-bond donors (Lipinski definition) is 2. The zero-order valence-corrected chi connectivity index (χ0v) is 21.7. The van der Waals surface area contributed by atoms with E-state index < -0.39 is 0 Å². The largest absolute Gasteiger partial charge is 0.476 e. The van der Waals surface area contributed by atoms with Gasteiger partial charge >= 0.3 is 0 Å². The molecule has 192 valence electrons. The van der Waals surface area contributed by atoms with Gasteiger partial charge in [-0.25, -0.2) is 9.97 Å². The number of rotatable bonds is 11. The normalized spacial score (nSPS) is 11.2. The van der Waals surface area contributed by atoms with Crippen molar-refractivity contribution in [3.63, 3.8) is 0 Å². The summed E-state index contributed by atoms with van der Waals surface area (Å²) in [6, 6.07) is 15.6. The van der Waals surface area contributed by atoms with Crippen LogP contribution in [0.5, 0.6) is 5.75 Å². The Morgan fingerprint density at radius 3 is 2.73 bits per heavy atom. The van der Waals surface area contributed by atoms with Gasteiger partial charge in [-0.15, -0.1) is 0 Å². The molecule has 0 fully saturated rings. The van der Waals surface area contributed by atoms with Gasteiger partial charge in [-0.1, -0.05) is 24.8 Å². The fourth-order valence-corrected chi connectivity index (χ4v) is 3.87. The molecular weight excluding hydrogens is 466 g/mol. The number of aryl methyl sites for hydroxylation is 1. The van der Waals surface area contributed by atoms with Gasteiger partial charge in [0.1, 0.15) is 12.5 Å². The van der Waals surface area contributed by atoms with E-state index in [1.165, 1.54) is 6.08 Å². The number of nitrogens with zero attached hydrogens (tertiary/aromatic N) is 5. The van der Waals surface area contributed by atoms with Crippen molar-refractivity contribution in [1.29, 1.82) is 0 Å². The molecule has 0 bridgehead atoms. The number of amides is 1. The maximum Gasteiger partial charge on any atom is 0.247 e. The van der Waals surface area contributed by atoms with Crippen molar-refractivity contribution in [1.82, 2.24) is 24.3 Å². The van der Waals surface area contributed by atoms with Crippen LogP contribution in [-0.4, -0.2) is 71.2 Å². The monoisotopic (exact) mass is 499 g/mol. The summed E-state index contributed by atoms with van der Waals surface area (Å²) >= 11 is 0. The fraction of sp³-hybridized carbons (Fsp3) is 0.250. The predicted molar refractivity (Wildman–Crippen MR) is 149 cm³/mol. The lowest BCUT2D eigenvalue weighted by Crippen LogP contribution is -2.31. The topological polar surface area (TPSA) is 87.5 Å². The van der Waals surface area contributed by atoms with E-state index >= 15 is 0 Å².